The van der Waals surface area contributed by atoms with E-state index in [1.165, 1.54) is 5.52 Å². The number of fused-ring (bicyclic) bond motifs is 1. The fourth-order valence-corrected chi connectivity index (χ4v) is 2.58. The Morgan fingerprint density at radius 3 is 2.53 bits per heavy atom. The van der Waals surface area contributed by atoms with Crippen molar-refractivity contribution in [2.24, 2.45) is 11.7 Å². The molecule has 3 heteroatoms. The van der Waals surface area contributed by atoms with Crippen LogP contribution in [-0.2, 0) is 0 Å². The molecule has 1 aromatic heterocycles. The smallest absolute Gasteiger partial charge is 0.127 e. The average molecular weight is 259 g/mol. The second kappa shape index (κ2) is 5.74. The second-order valence-corrected chi connectivity index (χ2v) is 5.82. The van der Waals surface area contributed by atoms with Crippen molar-refractivity contribution < 1.29 is 0 Å². The van der Waals surface area contributed by atoms with Gasteiger partial charge in [-0.2, -0.15) is 0 Å². The molecule has 0 aliphatic rings. The highest BCUT2D eigenvalue weighted by Crippen LogP contribution is 2.28. The predicted octanol–water partition coefficient (Wildman–Crippen LogP) is 4.05. The lowest BCUT2D eigenvalue weighted by atomic mass is 10.0. The molecule has 0 saturated carbocycles. The summed E-state index contributed by atoms with van der Waals surface area (Å²) in [5, 5.41) is 0. The van der Waals surface area contributed by atoms with E-state index in [2.05, 4.69) is 50.5 Å². The summed E-state index contributed by atoms with van der Waals surface area (Å²) in [6, 6.07) is 8.76. The van der Waals surface area contributed by atoms with Crippen LogP contribution in [0.4, 0.5) is 0 Å². The second-order valence-electron chi connectivity index (χ2n) is 5.82. The van der Waals surface area contributed by atoms with Crippen LogP contribution < -0.4 is 5.73 Å². The van der Waals surface area contributed by atoms with Gasteiger partial charge in [-0.1, -0.05) is 32.9 Å². The minimum Gasteiger partial charge on any atom is -0.324 e. The number of aromatic nitrogens is 2. The van der Waals surface area contributed by atoms with Crippen LogP contribution in [0, 0.1) is 5.92 Å². The van der Waals surface area contributed by atoms with E-state index in [1.54, 1.807) is 0 Å². The average Bonchev–Trinajstić information content (AvgIpc) is 2.76. The van der Waals surface area contributed by atoms with E-state index < -0.39 is 0 Å². The zero-order chi connectivity index (χ0) is 14.0. The molecule has 19 heavy (non-hydrogen) atoms. The molecule has 2 rings (SSSR count). The molecule has 3 nitrogen and oxygen atoms in total. The Balaban J connectivity index is 2.52. The molecule has 0 fully saturated rings. The van der Waals surface area contributed by atoms with Crippen LogP contribution in [-0.4, -0.2) is 9.55 Å². The topological polar surface area (TPSA) is 43.8 Å². The molecule has 1 aromatic carbocycles. The van der Waals surface area contributed by atoms with Crippen LogP contribution in [0.15, 0.2) is 24.3 Å². The van der Waals surface area contributed by atoms with Gasteiger partial charge in [-0.25, -0.2) is 4.98 Å². The largest absolute Gasteiger partial charge is 0.324 e. The molecule has 0 spiro atoms. The molecule has 104 valence electrons. The first kappa shape index (κ1) is 14.1. The molecule has 0 bridgehead atoms. The maximum absolute atomic E-state index is 6.37. The molecule has 0 aliphatic heterocycles. The van der Waals surface area contributed by atoms with Gasteiger partial charge in [0.2, 0.25) is 0 Å². The standard InChI is InChI=1S/C16H25N3/c1-5-12(4)19-15-9-7-6-8-14(15)18-16(19)13(17)10-11(2)3/h6-9,11-13H,5,10,17H2,1-4H3/t12-,13-/m0/s1. The van der Waals surface area contributed by atoms with Crippen molar-refractivity contribution in [1.29, 1.82) is 0 Å². The van der Waals surface area contributed by atoms with E-state index in [0.29, 0.717) is 12.0 Å². The van der Waals surface area contributed by atoms with Crippen LogP contribution in [0.1, 0.15) is 58.4 Å². The molecule has 0 unspecified atom stereocenters. The van der Waals surface area contributed by atoms with Crippen LogP contribution in [0.2, 0.25) is 0 Å². The molecule has 1 heterocycles. The number of nitrogens with two attached hydrogens (primary N) is 1. The predicted molar refractivity (Wildman–Crippen MR) is 81.1 cm³/mol. The molecule has 0 aliphatic carbocycles. The van der Waals surface area contributed by atoms with Crippen LogP contribution in [0.5, 0.6) is 0 Å². The summed E-state index contributed by atoms with van der Waals surface area (Å²) < 4.78 is 2.32. The number of imidazole rings is 1. The van der Waals surface area contributed by atoms with E-state index in [4.69, 9.17) is 10.7 Å². The number of nitrogens with zero attached hydrogens (tertiary/aromatic N) is 2. The lowest BCUT2D eigenvalue weighted by Crippen LogP contribution is -2.20. The molecular formula is C16H25N3. The summed E-state index contributed by atoms with van der Waals surface area (Å²) in [6.45, 7) is 8.85. The van der Waals surface area contributed by atoms with E-state index in [1.807, 2.05) is 6.07 Å². The zero-order valence-electron chi connectivity index (χ0n) is 12.4. The van der Waals surface area contributed by atoms with Crippen molar-refractivity contribution in [3.8, 4) is 0 Å². The molecule has 2 aromatic rings. The molecule has 0 saturated heterocycles. The number of benzene rings is 1. The number of hydrogen-bond acceptors (Lipinski definition) is 2. The highest BCUT2D eigenvalue weighted by Gasteiger charge is 2.20. The molecule has 0 radical (unpaired) electrons. The summed E-state index contributed by atoms with van der Waals surface area (Å²) in [5.74, 6) is 1.62. The van der Waals surface area contributed by atoms with Gasteiger partial charge in [0.15, 0.2) is 0 Å². The van der Waals surface area contributed by atoms with Gasteiger partial charge in [0.1, 0.15) is 5.82 Å². The van der Waals surface area contributed by atoms with Crippen molar-refractivity contribution in [3.63, 3.8) is 0 Å². The van der Waals surface area contributed by atoms with Crippen molar-refractivity contribution >= 4 is 11.0 Å². The fraction of sp³-hybridized carbons (Fsp3) is 0.562. The summed E-state index contributed by atoms with van der Waals surface area (Å²) in [7, 11) is 0. The van der Waals surface area contributed by atoms with Crippen molar-refractivity contribution in [1.82, 2.24) is 9.55 Å². The highest BCUT2D eigenvalue weighted by molar-refractivity contribution is 5.76. The Morgan fingerprint density at radius 2 is 1.89 bits per heavy atom. The van der Waals surface area contributed by atoms with Gasteiger partial charge in [-0.15, -0.1) is 0 Å². The van der Waals surface area contributed by atoms with E-state index >= 15 is 0 Å². The van der Waals surface area contributed by atoms with Gasteiger partial charge < -0.3 is 10.3 Å². The summed E-state index contributed by atoms with van der Waals surface area (Å²) in [6.07, 6.45) is 2.06. The summed E-state index contributed by atoms with van der Waals surface area (Å²) in [4.78, 5) is 4.77. The van der Waals surface area contributed by atoms with Crippen LogP contribution in [0.25, 0.3) is 11.0 Å². The monoisotopic (exact) mass is 259 g/mol. The van der Waals surface area contributed by atoms with Gasteiger partial charge in [0.05, 0.1) is 17.1 Å². The van der Waals surface area contributed by atoms with Gasteiger partial charge in [-0.05, 0) is 37.8 Å². The van der Waals surface area contributed by atoms with Gasteiger partial charge in [0, 0.05) is 6.04 Å². The quantitative estimate of drug-likeness (QED) is 0.880. The maximum Gasteiger partial charge on any atom is 0.127 e. The van der Waals surface area contributed by atoms with Crippen LogP contribution in [0.3, 0.4) is 0 Å². The Morgan fingerprint density at radius 1 is 1.21 bits per heavy atom. The van der Waals surface area contributed by atoms with Gasteiger partial charge in [0.25, 0.3) is 0 Å². The Kier molecular flexibility index (Phi) is 4.25. The molecule has 0 amide bonds. The van der Waals surface area contributed by atoms with Gasteiger partial charge >= 0.3 is 0 Å². The lowest BCUT2D eigenvalue weighted by molar-refractivity contribution is 0.448. The van der Waals surface area contributed by atoms with E-state index in [-0.39, 0.29) is 6.04 Å². The SMILES string of the molecule is CC[C@H](C)n1c([C@@H](N)CC(C)C)nc2ccccc21. The van der Waals surface area contributed by atoms with E-state index in [0.717, 1.165) is 24.2 Å². The Bertz CT molecular complexity index is 542. The first-order valence-electron chi connectivity index (χ1n) is 7.27. The number of hydrogen-bond donors (Lipinski definition) is 1. The van der Waals surface area contributed by atoms with Crippen LogP contribution >= 0.6 is 0 Å². The third kappa shape index (κ3) is 2.81. The normalized spacial score (nSPS) is 15.1. The third-order valence-electron chi connectivity index (χ3n) is 3.71. The number of para-hydroxylation sites is 2. The first-order valence-corrected chi connectivity index (χ1v) is 7.27. The van der Waals surface area contributed by atoms with Crippen molar-refractivity contribution in [3.05, 3.63) is 30.1 Å². The maximum atomic E-state index is 6.37. The molecule has 2 N–H and O–H groups in total. The molecule has 2 atom stereocenters. The fourth-order valence-electron chi connectivity index (χ4n) is 2.58. The van der Waals surface area contributed by atoms with Crippen molar-refractivity contribution in [2.45, 2.75) is 52.6 Å². The lowest BCUT2D eigenvalue weighted by Gasteiger charge is -2.20. The van der Waals surface area contributed by atoms with E-state index in [9.17, 15) is 0 Å². The minimum absolute atomic E-state index is 0.0152. The summed E-state index contributed by atoms with van der Waals surface area (Å²) in [5.41, 5.74) is 8.62. The van der Waals surface area contributed by atoms with Crippen molar-refractivity contribution in [2.75, 3.05) is 0 Å². The summed E-state index contributed by atoms with van der Waals surface area (Å²) >= 11 is 0. The zero-order valence-corrected chi connectivity index (χ0v) is 12.4. The Hall–Kier alpha value is -1.35. The van der Waals surface area contributed by atoms with Gasteiger partial charge in [-0.3, -0.25) is 0 Å². The minimum atomic E-state index is 0.0152. The first-order chi connectivity index (χ1) is 9.04. The molecular weight excluding hydrogens is 234 g/mol. The number of rotatable bonds is 5. The third-order valence-corrected chi connectivity index (χ3v) is 3.71. The highest BCUT2D eigenvalue weighted by atomic mass is 15.1. The Labute approximate surface area is 115 Å².